The van der Waals surface area contributed by atoms with E-state index in [9.17, 15) is 9.90 Å². The highest BCUT2D eigenvalue weighted by Crippen LogP contribution is 2.51. The zero-order valence-corrected chi connectivity index (χ0v) is 8.66. The Hall–Kier alpha value is -0.570. The van der Waals surface area contributed by atoms with E-state index in [0.29, 0.717) is 12.3 Å². The average Bonchev–Trinajstić information content (AvgIpc) is 2.65. The number of hydrogen-bond acceptors (Lipinski definition) is 3. The smallest absolute Gasteiger partial charge is 0.305 e. The van der Waals surface area contributed by atoms with Gasteiger partial charge in [0.1, 0.15) is 0 Å². The molecule has 2 rings (SSSR count). The van der Waals surface area contributed by atoms with Crippen LogP contribution in [0.1, 0.15) is 38.5 Å². The van der Waals surface area contributed by atoms with Crippen molar-refractivity contribution in [2.45, 2.75) is 44.1 Å². The molecule has 0 radical (unpaired) electrons. The van der Waals surface area contributed by atoms with Crippen LogP contribution in [0.3, 0.4) is 0 Å². The summed E-state index contributed by atoms with van der Waals surface area (Å²) in [6, 6.07) is 0. The number of aliphatic hydroxyl groups is 1. The minimum absolute atomic E-state index is 0.141. The van der Waals surface area contributed by atoms with Gasteiger partial charge in [0.15, 0.2) is 0 Å². The van der Waals surface area contributed by atoms with Gasteiger partial charge in [0.2, 0.25) is 0 Å². The van der Waals surface area contributed by atoms with Crippen molar-refractivity contribution in [3.63, 3.8) is 0 Å². The molecule has 0 heterocycles. The summed E-state index contributed by atoms with van der Waals surface area (Å²) in [5.74, 6) is 0.399. The van der Waals surface area contributed by atoms with Crippen LogP contribution in [0.2, 0.25) is 0 Å². The van der Waals surface area contributed by atoms with E-state index in [0.717, 1.165) is 32.1 Å². The molecule has 0 aromatic carbocycles. The Morgan fingerprint density at radius 1 is 1.50 bits per heavy atom. The SMILES string of the molecule is COC(=O)C[C@@H]1CCC2CCC[C@@]21O. The molecule has 1 unspecified atom stereocenters. The van der Waals surface area contributed by atoms with Crippen LogP contribution < -0.4 is 0 Å². The maximum absolute atomic E-state index is 11.2. The van der Waals surface area contributed by atoms with Gasteiger partial charge >= 0.3 is 5.97 Å². The Bertz CT molecular complexity index is 239. The van der Waals surface area contributed by atoms with E-state index in [1.165, 1.54) is 7.11 Å². The fraction of sp³-hybridized carbons (Fsp3) is 0.909. The predicted octanol–water partition coefficient (Wildman–Crippen LogP) is 1.49. The highest BCUT2D eigenvalue weighted by Gasteiger charge is 2.51. The molecule has 0 amide bonds. The third kappa shape index (κ3) is 1.44. The molecule has 3 heteroatoms. The molecular formula is C11H18O3. The van der Waals surface area contributed by atoms with Gasteiger partial charge in [0, 0.05) is 0 Å². The summed E-state index contributed by atoms with van der Waals surface area (Å²) in [6.07, 6.45) is 5.57. The van der Waals surface area contributed by atoms with Gasteiger partial charge < -0.3 is 9.84 Å². The normalized spacial score (nSPS) is 41.0. The molecule has 2 saturated carbocycles. The lowest BCUT2D eigenvalue weighted by Crippen LogP contribution is -2.36. The molecule has 0 aromatic heterocycles. The summed E-state index contributed by atoms with van der Waals surface area (Å²) in [5.41, 5.74) is -0.547. The molecule has 0 aromatic rings. The quantitative estimate of drug-likeness (QED) is 0.684. The first-order valence-corrected chi connectivity index (χ1v) is 5.46. The van der Waals surface area contributed by atoms with Crippen LogP contribution in [0.25, 0.3) is 0 Å². The number of hydrogen-bond donors (Lipinski definition) is 1. The first-order chi connectivity index (χ1) is 6.66. The lowest BCUT2D eigenvalue weighted by molar-refractivity contribution is -0.144. The molecule has 0 spiro atoms. The zero-order valence-electron chi connectivity index (χ0n) is 8.66. The number of fused-ring (bicyclic) bond motifs is 1. The van der Waals surface area contributed by atoms with Crippen LogP contribution >= 0.6 is 0 Å². The molecule has 2 fully saturated rings. The maximum Gasteiger partial charge on any atom is 0.305 e. The summed E-state index contributed by atoms with van der Waals surface area (Å²) in [5, 5.41) is 10.4. The number of methoxy groups -OCH3 is 1. The maximum atomic E-state index is 11.2. The van der Waals surface area contributed by atoms with Gasteiger partial charge in [-0.25, -0.2) is 0 Å². The summed E-state index contributed by atoms with van der Waals surface area (Å²) < 4.78 is 4.66. The van der Waals surface area contributed by atoms with Crippen molar-refractivity contribution in [1.29, 1.82) is 0 Å². The third-order valence-corrected chi connectivity index (χ3v) is 4.05. The van der Waals surface area contributed by atoms with Gasteiger partial charge in [0.25, 0.3) is 0 Å². The van der Waals surface area contributed by atoms with Crippen molar-refractivity contribution in [1.82, 2.24) is 0 Å². The molecule has 3 atom stereocenters. The van der Waals surface area contributed by atoms with E-state index in [2.05, 4.69) is 4.74 Å². The summed E-state index contributed by atoms with van der Waals surface area (Å²) >= 11 is 0. The number of ether oxygens (including phenoxy) is 1. The molecule has 1 N–H and O–H groups in total. The summed E-state index contributed by atoms with van der Waals surface area (Å²) in [6.45, 7) is 0. The van der Waals surface area contributed by atoms with Crippen molar-refractivity contribution >= 4 is 5.97 Å². The van der Waals surface area contributed by atoms with E-state index < -0.39 is 5.60 Å². The number of esters is 1. The Balaban J connectivity index is 2.03. The molecule has 80 valence electrons. The minimum atomic E-state index is -0.547. The molecule has 3 nitrogen and oxygen atoms in total. The van der Waals surface area contributed by atoms with Crippen LogP contribution in [0.5, 0.6) is 0 Å². The first kappa shape index (κ1) is 9.97. The number of carbonyl (C=O) groups excluding carboxylic acids is 1. The number of carbonyl (C=O) groups is 1. The molecular weight excluding hydrogens is 180 g/mol. The Morgan fingerprint density at radius 3 is 3.00 bits per heavy atom. The third-order valence-electron chi connectivity index (χ3n) is 4.05. The lowest BCUT2D eigenvalue weighted by Gasteiger charge is -2.29. The first-order valence-electron chi connectivity index (χ1n) is 5.46. The molecule has 2 aliphatic carbocycles. The highest BCUT2D eigenvalue weighted by molar-refractivity contribution is 5.69. The van der Waals surface area contributed by atoms with Crippen molar-refractivity contribution in [3.8, 4) is 0 Å². The zero-order chi connectivity index (χ0) is 10.2. The highest BCUT2D eigenvalue weighted by atomic mass is 16.5. The standard InChI is InChI=1S/C11H18O3/c1-14-10(12)7-9-5-4-8-3-2-6-11(8,9)13/h8-9,13H,2-7H2,1H3/t8?,9-,11+/m0/s1. The summed E-state index contributed by atoms with van der Waals surface area (Å²) in [7, 11) is 1.41. The average molecular weight is 198 g/mol. The van der Waals surface area contributed by atoms with E-state index in [1.54, 1.807) is 0 Å². The molecule has 0 aliphatic heterocycles. The molecule has 0 bridgehead atoms. The van der Waals surface area contributed by atoms with Gasteiger partial charge in [-0.05, 0) is 37.5 Å². The second-order valence-electron chi connectivity index (χ2n) is 4.63. The van der Waals surface area contributed by atoms with Crippen LogP contribution in [0.15, 0.2) is 0 Å². The Labute approximate surface area is 84.4 Å². The largest absolute Gasteiger partial charge is 0.469 e. The number of rotatable bonds is 2. The van der Waals surface area contributed by atoms with Crippen LogP contribution in [0.4, 0.5) is 0 Å². The molecule has 2 aliphatic rings. The van der Waals surface area contributed by atoms with Crippen molar-refractivity contribution in [2.24, 2.45) is 11.8 Å². The van der Waals surface area contributed by atoms with Gasteiger partial charge in [0.05, 0.1) is 19.1 Å². The van der Waals surface area contributed by atoms with Gasteiger partial charge in [-0.3, -0.25) is 4.79 Å². The predicted molar refractivity (Wildman–Crippen MR) is 51.6 cm³/mol. The topological polar surface area (TPSA) is 46.5 Å². The molecule has 0 saturated heterocycles. The van der Waals surface area contributed by atoms with E-state index in [-0.39, 0.29) is 11.9 Å². The van der Waals surface area contributed by atoms with E-state index in [1.807, 2.05) is 0 Å². The van der Waals surface area contributed by atoms with Crippen LogP contribution in [-0.4, -0.2) is 23.8 Å². The lowest BCUT2D eigenvalue weighted by atomic mass is 9.84. The van der Waals surface area contributed by atoms with Crippen molar-refractivity contribution in [3.05, 3.63) is 0 Å². The Kier molecular flexibility index (Phi) is 2.52. The monoisotopic (exact) mass is 198 g/mol. The molecule has 14 heavy (non-hydrogen) atoms. The van der Waals surface area contributed by atoms with E-state index in [4.69, 9.17) is 0 Å². The van der Waals surface area contributed by atoms with Gasteiger partial charge in [-0.1, -0.05) is 6.42 Å². The fourth-order valence-corrected chi connectivity index (χ4v) is 3.23. The Morgan fingerprint density at radius 2 is 2.29 bits per heavy atom. The fourth-order valence-electron chi connectivity index (χ4n) is 3.23. The second kappa shape index (κ2) is 3.54. The summed E-state index contributed by atoms with van der Waals surface area (Å²) in [4.78, 5) is 11.2. The van der Waals surface area contributed by atoms with Crippen LogP contribution in [0, 0.1) is 11.8 Å². The van der Waals surface area contributed by atoms with Crippen molar-refractivity contribution in [2.75, 3.05) is 7.11 Å². The van der Waals surface area contributed by atoms with Gasteiger partial charge in [-0.15, -0.1) is 0 Å². The van der Waals surface area contributed by atoms with Crippen LogP contribution in [-0.2, 0) is 9.53 Å². The van der Waals surface area contributed by atoms with Gasteiger partial charge in [-0.2, -0.15) is 0 Å². The van der Waals surface area contributed by atoms with Crippen molar-refractivity contribution < 1.29 is 14.6 Å². The van der Waals surface area contributed by atoms with E-state index >= 15 is 0 Å². The minimum Gasteiger partial charge on any atom is -0.469 e. The second-order valence-corrected chi connectivity index (χ2v) is 4.63.